The molecule has 1 spiro atoms. The standard InChI is InChI=1S/C20H32N2O4/c1-13(2)5-6-16-19(3,25-16)17-20(26-17)9-7-14(8-10-20)22-11-15(12-22)24-18(23)21-4/h5,14-17H,6-12H2,1-4H3,(H,21,23)/t14?,16-,17?,19-,20?/m1/s1. The van der Waals surface area contributed by atoms with Crippen molar-refractivity contribution in [2.45, 2.75) is 88.4 Å². The van der Waals surface area contributed by atoms with Gasteiger partial charge in [-0.25, -0.2) is 4.79 Å². The van der Waals surface area contributed by atoms with E-state index < -0.39 is 0 Å². The van der Waals surface area contributed by atoms with Gasteiger partial charge in [-0.05, 0) is 52.9 Å². The fourth-order valence-electron chi connectivity index (χ4n) is 4.86. The minimum atomic E-state index is -0.327. The van der Waals surface area contributed by atoms with E-state index in [1.54, 1.807) is 7.05 Å². The third-order valence-corrected chi connectivity index (χ3v) is 6.68. The molecule has 0 aromatic rings. The topological polar surface area (TPSA) is 66.6 Å². The summed E-state index contributed by atoms with van der Waals surface area (Å²) >= 11 is 0. The van der Waals surface area contributed by atoms with Gasteiger partial charge >= 0.3 is 6.09 Å². The lowest BCUT2D eigenvalue weighted by molar-refractivity contribution is -0.0458. The monoisotopic (exact) mass is 364 g/mol. The van der Waals surface area contributed by atoms with Crippen molar-refractivity contribution in [3.63, 3.8) is 0 Å². The van der Waals surface area contributed by atoms with Crippen molar-refractivity contribution < 1.29 is 19.0 Å². The molecule has 6 heteroatoms. The van der Waals surface area contributed by atoms with Gasteiger partial charge in [-0.3, -0.25) is 4.90 Å². The van der Waals surface area contributed by atoms with Gasteiger partial charge in [0.25, 0.3) is 0 Å². The van der Waals surface area contributed by atoms with Crippen molar-refractivity contribution in [3.05, 3.63) is 11.6 Å². The second-order valence-corrected chi connectivity index (χ2v) is 8.83. The van der Waals surface area contributed by atoms with E-state index in [-0.39, 0.29) is 29.5 Å². The van der Waals surface area contributed by atoms with Gasteiger partial charge < -0.3 is 19.5 Å². The summed E-state index contributed by atoms with van der Waals surface area (Å²) in [5, 5.41) is 2.51. The predicted octanol–water partition coefficient (Wildman–Crippen LogP) is 2.62. The highest BCUT2D eigenvalue weighted by Crippen LogP contribution is 2.60. The summed E-state index contributed by atoms with van der Waals surface area (Å²) in [6.07, 6.45) is 8.14. The van der Waals surface area contributed by atoms with Crippen molar-refractivity contribution in [2.24, 2.45) is 0 Å². The van der Waals surface area contributed by atoms with E-state index in [0.29, 0.717) is 12.1 Å². The molecule has 0 aromatic carbocycles. The van der Waals surface area contributed by atoms with E-state index in [9.17, 15) is 4.79 Å². The number of nitrogens with one attached hydrogen (secondary N) is 1. The Morgan fingerprint density at radius 3 is 2.58 bits per heavy atom. The van der Waals surface area contributed by atoms with Crippen molar-refractivity contribution in [3.8, 4) is 0 Å². The number of rotatable bonds is 5. The lowest BCUT2D eigenvalue weighted by Gasteiger charge is -2.45. The highest BCUT2D eigenvalue weighted by molar-refractivity contribution is 5.67. The van der Waals surface area contributed by atoms with Crippen LogP contribution in [-0.2, 0) is 14.2 Å². The molecule has 4 aliphatic rings. The van der Waals surface area contributed by atoms with E-state index in [1.165, 1.54) is 5.57 Å². The minimum Gasteiger partial charge on any atom is -0.444 e. The summed E-state index contributed by atoms with van der Waals surface area (Å²) in [4.78, 5) is 13.7. The zero-order chi connectivity index (χ0) is 18.5. The molecule has 0 aromatic heterocycles. The second kappa shape index (κ2) is 6.50. The first-order valence-electron chi connectivity index (χ1n) is 9.98. The summed E-state index contributed by atoms with van der Waals surface area (Å²) in [5.41, 5.74) is 1.33. The average Bonchev–Trinajstić information content (AvgIpc) is 3.46. The van der Waals surface area contributed by atoms with Crippen molar-refractivity contribution in [1.82, 2.24) is 10.2 Å². The molecule has 3 atom stereocenters. The van der Waals surface area contributed by atoms with Crippen LogP contribution in [0.25, 0.3) is 0 Å². The number of hydrogen-bond donors (Lipinski definition) is 1. The van der Waals surface area contributed by atoms with Gasteiger partial charge in [0.05, 0.1) is 11.7 Å². The summed E-state index contributed by atoms with van der Waals surface area (Å²) < 4.78 is 17.6. The molecule has 3 heterocycles. The predicted molar refractivity (Wildman–Crippen MR) is 98.1 cm³/mol. The maximum Gasteiger partial charge on any atom is 0.407 e. The van der Waals surface area contributed by atoms with Crippen LogP contribution in [0.2, 0.25) is 0 Å². The van der Waals surface area contributed by atoms with Crippen LogP contribution < -0.4 is 5.32 Å². The highest BCUT2D eigenvalue weighted by Gasteiger charge is 2.73. The Bertz CT molecular complexity index is 589. The number of amides is 1. The summed E-state index contributed by atoms with van der Waals surface area (Å²) in [6, 6.07) is 0.601. The Morgan fingerprint density at radius 1 is 1.27 bits per heavy atom. The van der Waals surface area contributed by atoms with Gasteiger partial charge in [-0.1, -0.05) is 11.6 Å². The van der Waals surface area contributed by atoms with Gasteiger partial charge in [-0.15, -0.1) is 0 Å². The zero-order valence-corrected chi connectivity index (χ0v) is 16.4. The van der Waals surface area contributed by atoms with E-state index in [0.717, 1.165) is 45.2 Å². The minimum absolute atomic E-state index is 0.0466. The van der Waals surface area contributed by atoms with Crippen LogP contribution in [0, 0.1) is 0 Å². The third-order valence-electron chi connectivity index (χ3n) is 6.68. The Hall–Kier alpha value is -1.11. The Balaban J connectivity index is 1.21. The maximum absolute atomic E-state index is 11.3. The van der Waals surface area contributed by atoms with Gasteiger partial charge in [0, 0.05) is 26.2 Å². The highest BCUT2D eigenvalue weighted by atomic mass is 16.7. The van der Waals surface area contributed by atoms with Gasteiger partial charge in [-0.2, -0.15) is 0 Å². The molecule has 1 unspecified atom stereocenters. The zero-order valence-electron chi connectivity index (χ0n) is 16.4. The van der Waals surface area contributed by atoms with Crippen LogP contribution >= 0.6 is 0 Å². The molecule has 1 aliphatic carbocycles. The normalized spacial score (nSPS) is 42.1. The molecule has 1 saturated carbocycles. The lowest BCUT2D eigenvalue weighted by Crippen LogP contribution is -2.58. The van der Waals surface area contributed by atoms with Gasteiger partial charge in [0.1, 0.15) is 17.8 Å². The van der Waals surface area contributed by atoms with E-state index >= 15 is 0 Å². The second-order valence-electron chi connectivity index (χ2n) is 8.83. The summed E-state index contributed by atoms with van der Waals surface area (Å²) in [6.45, 7) is 8.21. The Morgan fingerprint density at radius 2 is 1.96 bits per heavy atom. The number of epoxide rings is 2. The van der Waals surface area contributed by atoms with Crippen LogP contribution in [0.4, 0.5) is 4.79 Å². The van der Waals surface area contributed by atoms with E-state index in [1.807, 2.05) is 0 Å². The van der Waals surface area contributed by atoms with Crippen molar-refractivity contribution in [1.29, 1.82) is 0 Å². The largest absolute Gasteiger partial charge is 0.444 e. The van der Waals surface area contributed by atoms with Crippen LogP contribution in [-0.4, -0.2) is 66.7 Å². The smallest absolute Gasteiger partial charge is 0.407 e. The first-order chi connectivity index (χ1) is 12.4. The Labute approximate surface area is 156 Å². The number of alkyl carbamates (subject to hydrolysis) is 1. The first kappa shape index (κ1) is 18.3. The average molecular weight is 364 g/mol. The quantitative estimate of drug-likeness (QED) is 0.600. The molecule has 3 saturated heterocycles. The summed E-state index contributed by atoms with van der Waals surface area (Å²) in [5.74, 6) is 0. The molecule has 6 nitrogen and oxygen atoms in total. The first-order valence-corrected chi connectivity index (χ1v) is 9.98. The molecule has 26 heavy (non-hydrogen) atoms. The fourth-order valence-corrected chi connectivity index (χ4v) is 4.86. The van der Waals surface area contributed by atoms with E-state index in [4.69, 9.17) is 14.2 Å². The molecular weight excluding hydrogens is 332 g/mol. The van der Waals surface area contributed by atoms with Crippen LogP contribution in [0.3, 0.4) is 0 Å². The number of allylic oxidation sites excluding steroid dienone is 1. The Kier molecular flexibility index (Phi) is 4.56. The molecular formula is C20H32N2O4. The van der Waals surface area contributed by atoms with Gasteiger partial charge in [0.15, 0.2) is 0 Å². The molecule has 1 amide bonds. The molecule has 4 fully saturated rings. The molecule has 0 radical (unpaired) electrons. The molecule has 1 N–H and O–H groups in total. The number of carbonyl (C=O) groups is 1. The van der Waals surface area contributed by atoms with Gasteiger partial charge in [0.2, 0.25) is 0 Å². The van der Waals surface area contributed by atoms with Crippen LogP contribution in [0.5, 0.6) is 0 Å². The number of likely N-dealkylation sites (tertiary alicyclic amines) is 1. The lowest BCUT2D eigenvalue weighted by atomic mass is 9.78. The third kappa shape index (κ3) is 3.27. The van der Waals surface area contributed by atoms with Crippen molar-refractivity contribution in [2.75, 3.05) is 20.1 Å². The maximum atomic E-state index is 11.3. The summed E-state index contributed by atoms with van der Waals surface area (Å²) in [7, 11) is 1.60. The molecule has 3 aliphatic heterocycles. The molecule has 0 bridgehead atoms. The molecule has 146 valence electrons. The van der Waals surface area contributed by atoms with Crippen LogP contribution in [0.1, 0.15) is 52.9 Å². The molecule has 4 rings (SSSR count). The fraction of sp³-hybridized carbons (Fsp3) is 0.850. The van der Waals surface area contributed by atoms with Crippen molar-refractivity contribution >= 4 is 6.09 Å². The number of nitrogens with zero attached hydrogens (tertiary/aromatic N) is 1. The SMILES string of the molecule is CNC(=O)OC1CN(C2CCC3(CC2)OC3[C@]2(C)O[C@@H]2CC=C(C)C)C1. The van der Waals surface area contributed by atoms with E-state index in [2.05, 4.69) is 37.1 Å². The number of carbonyl (C=O) groups excluding carboxylic acids is 1. The number of ether oxygens (including phenoxy) is 3. The number of hydrogen-bond acceptors (Lipinski definition) is 5. The van der Waals surface area contributed by atoms with Crippen LogP contribution in [0.15, 0.2) is 11.6 Å².